The number of para-hydroxylation sites is 1. The molecule has 1 aromatic heterocycles. The number of halogens is 3. The highest BCUT2D eigenvalue weighted by Crippen LogP contribution is 2.50. The van der Waals surface area contributed by atoms with E-state index in [2.05, 4.69) is 20.7 Å². The van der Waals surface area contributed by atoms with E-state index in [0.717, 1.165) is 65.1 Å². The molecule has 0 N–H and O–H groups in total. The van der Waals surface area contributed by atoms with Crippen molar-refractivity contribution >= 4 is 34.2 Å². The summed E-state index contributed by atoms with van der Waals surface area (Å²) < 4.78 is 41.5. The van der Waals surface area contributed by atoms with Gasteiger partial charge >= 0.3 is 12.4 Å². The molecule has 0 atom stereocenters. The zero-order valence-corrected chi connectivity index (χ0v) is 20.0. The lowest BCUT2D eigenvalue weighted by molar-refractivity contribution is -0.274. The summed E-state index contributed by atoms with van der Waals surface area (Å²) in [7, 11) is 0. The standard InChI is InChI=1S/C27H25F3N4O3/c28-27(29,30)37-20-9-7-19(8-10-20)34-24(35)26(12-13-26)33(25(34)36)17-18-11-14-31-23-21(18)5-4-6-22(23)32-15-2-1-3-16-32/h4-11,14H,1-3,12-13,15-17H2. The van der Waals surface area contributed by atoms with Crippen molar-refractivity contribution in [2.75, 3.05) is 22.9 Å². The Morgan fingerprint density at radius 3 is 2.35 bits per heavy atom. The summed E-state index contributed by atoms with van der Waals surface area (Å²) in [6.45, 7) is 2.20. The van der Waals surface area contributed by atoms with Crippen LogP contribution in [0.15, 0.2) is 54.7 Å². The Morgan fingerprint density at radius 2 is 1.68 bits per heavy atom. The van der Waals surface area contributed by atoms with Crippen LogP contribution in [0.5, 0.6) is 5.75 Å². The van der Waals surface area contributed by atoms with Gasteiger partial charge in [0.2, 0.25) is 0 Å². The second kappa shape index (κ2) is 8.64. The van der Waals surface area contributed by atoms with Crippen LogP contribution in [0.4, 0.5) is 29.3 Å². The number of carbonyl (C=O) groups is 2. The monoisotopic (exact) mass is 510 g/mol. The molecule has 2 saturated heterocycles. The van der Waals surface area contributed by atoms with E-state index in [1.54, 1.807) is 11.1 Å². The molecule has 1 saturated carbocycles. The maximum atomic E-state index is 13.5. The van der Waals surface area contributed by atoms with Crippen molar-refractivity contribution < 1.29 is 27.5 Å². The van der Waals surface area contributed by atoms with Gasteiger partial charge in [-0.15, -0.1) is 13.2 Å². The Morgan fingerprint density at radius 1 is 0.946 bits per heavy atom. The Balaban J connectivity index is 1.30. The fourth-order valence-electron chi connectivity index (χ4n) is 5.48. The second-order valence-corrected chi connectivity index (χ2v) is 9.77. The van der Waals surface area contributed by atoms with Crippen LogP contribution < -0.4 is 14.5 Å². The molecule has 1 spiro atoms. The van der Waals surface area contributed by atoms with Gasteiger partial charge in [-0.25, -0.2) is 9.69 Å². The highest BCUT2D eigenvalue weighted by atomic mass is 19.4. The first kappa shape index (κ1) is 23.6. The number of aromatic nitrogens is 1. The van der Waals surface area contributed by atoms with Gasteiger partial charge in [-0.3, -0.25) is 9.78 Å². The molecular formula is C27H25F3N4O3. The van der Waals surface area contributed by atoms with Crippen LogP contribution in [0.2, 0.25) is 0 Å². The summed E-state index contributed by atoms with van der Waals surface area (Å²) in [5.41, 5.74) is 2.14. The number of hydrogen-bond donors (Lipinski definition) is 0. The highest BCUT2D eigenvalue weighted by molar-refractivity contribution is 6.24. The van der Waals surface area contributed by atoms with Crippen molar-refractivity contribution in [2.45, 2.75) is 50.6 Å². The maximum absolute atomic E-state index is 13.5. The number of alkyl halides is 3. The van der Waals surface area contributed by atoms with Gasteiger partial charge in [-0.1, -0.05) is 12.1 Å². The third-order valence-corrected chi connectivity index (χ3v) is 7.46. The van der Waals surface area contributed by atoms with Crippen LogP contribution in [0, 0.1) is 0 Å². The molecule has 3 heterocycles. The van der Waals surface area contributed by atoms with E-state index in [4.69, 9.17) is 0 Å². The lowest BCUT2D eigenvalue weighted by atomic mass is 10.0. The molecular weight excluding hydrogens is 485 g/mol. The number of benzene rings is 2. The molecule has 3 fully saturated rings. The average molecular weight is 511 g/mol. The van der Waals surface area contributed by atoms with Crippen LogP contribution in [0.3, 0.4) is 0 Å². The SMILES string of the molecule is O=C1N(c2ccc(OC(F)(F)F)cc2)C(=O)C2(CC2)N1Cc1ccnc2c(N3CCCCC3)cccc12. The lowest BCUT2D eigenvalue weighted by Crippen LogP contribution is -2.36. The van der Waals surface area contributed by atoms with Crippen LogP contribution >= 0.6 is 0 Å². The molecule has 3 aromatic rings. The maximum Gasteiger partial charge on any atom is 0.573 e. The van der Waals surface area contributed by atoms with Crippen LogP contribution in [-0.2, 0) is 11.3 Å². The molecule has 37 heavy (non-hydrogen) atoms. The van der Waals surface area contributed by atoms with Gasteiger partial charge in [0.1, 0.15) is 11.3 Å². The molecule has 6 rings (SSSR count). The minimum atomic E-state index is -4.82. The summed E-state index contributed by atoms with van der Waals surface area (Å²) in [5, 5.41) is 0.939. The van der Waals surface area contributed by atoms with Crippen LogP contribution in [0.25, 0.3) is 10.9 Å². The predicted octanol–water partition coefficient (Wildman–Crippen LogP) is 5.63. The van der Waals surface area contributed by atoms with E-state index in [-0.39, 0.29) is 18.1 Å². The van der Waals surface area contributed by atoms with Crippen molar-refractivity contribution in [1.82, 2.24) is 9.88 Å². The zero-order chi connectivity index (χ0) is 25.8. The van der Waals surface area contributed by atoms with E-state index in [1.165, 1.54) is 18.6 Å². The van der Waals surface area contributed by atoms with Crippen molar-refractivity contribution in [2.24, 2.45) is 0 Å². The van der Waals surface area contributed by atoms with E-state index < -0.39 is 23.7 Å². The lowest BCUT2D eigenvalue weighted by Gasteiger charge is -2.30. The van der Waals surface area contributed by atoms with E-state index in [1.807, 2.05) is 18.2 Å². The Hall–Kier alpha value is -3.82. The molecule has 3 aliphatic rings. The van der Waals surface area contributed by atoms with Crippen molar-refractivity contribution in [3.8, 4) is 5.75 Å². The number of amides is 3. The van der Waals surface area contributed by atoms with Crippen molar-refractivity contribution in [1.29, 1.82) is 0 Å². The normalized spacial score (nSPS) is 19.3. The Bertz CT molecular complexity index is 1370. The largest absolute Gasteiger partial charge is 0.573 e. The molecule has 0 unspecified atom stereocenters. The number of carbonyl (C=O) groups excluding carboxylic acids is 2. The minimum Gasteiger partial charge on any atom is -0.406 e. The smallest absolute Gasteiger partial charge is 0.406 e. The first-order valence-electron chi connectivity index (χ1n) is 12.4. The molecule has 2 aromatic carbocycles. The number of hydrogen-bond acceptors (Lipinski definition) is 5. The molecule has 7 nitrogen and oxygen atoms in total. The van der Waals surface area contributed by atoms with Gasteiger partial charge in [-0.2, -0.15) is 0 Å². The van der Waals surface area contributed by atoms with Gasteiger partial charge in [0.05, 0.1) is 16.9 Å². The molecule has 0 radical (unpaired) electrons. The second-order valence-electron chi connectivity index (χ2n) is 9.77. The topological polar surface area (TPSA) is 66.0 Å². The number of imide groups is 1. The van der Waals surface area contributed by atoms with Crippen molar-refractivity contribution in [3.63, 3.8) is 0 Å². The van der Waals surface area contributed by atoms with E-state index in [0.29, 0.717) is 12.8 Å². The quantitative estimate of drug-likeness (QED) is 0.417. The average Bonchev–Trinajstić information content (AvgIpc) is 3.66. The zero-order valence-electron chi connectivity index (χ0n) is 20.0. The molecule has 192 valence electrons. The first-order valence-corrected chi connectivity index (χ1v) is 12.4. The number of fused-ring (bicyclic) bond motifs is 1. The molecule has 10 heteroatoms. The number of nitrogens with zero attached hydrogens (tertiary/aromatic N) is 4. The van der Waals surface area contributed by atoms with Crippen LogP contribution in [-0.4, -0.2) is 46.8 Å². The third kappa shape index (κ3) is 4.14. The number of ether oxygens (including phenoxy) is 1. The molecule has 1 aliphatic carbocycles. The third-order valence-electron chi connectivity index (χ3n) is 7.46. The summed E-state index contributed by atoms with van der Waals surface area (Å²) in [4.78, 5) is 36.6. The van der Waals surface area contributed by atoms with Gasteiger partial charge < -0.3 is 14.5 Å². The summed E-state index contributed by atoms with van der Waals surface area (Å²) in [6.07, 6.45) is 1.52. The summed E-state index contributed by atoms with van der Waals surface area (Å²) in [6, 6.07) is 12.3. The molecule has 3 amide bonds. The highest BCUT2D eigenvalue weighted by Gasteiger charge is 2.65. The molecule has 0 bridgehead atoms. The Labute approximate surface area is 211 Å². The molecule has 2 aliphatic heterocycles. The van der Waals surface area contributed by atoms with Gasteiger partial charge in [0.25, 0.3) is 5.91 Å². The number of piperidine rings is 1. The van der Waals surface area contributed by atoms with E-state index in [9.17, 15) is 22.8 Å². The number of anilines is 2. The van der Waals surface area contributed by atoms with Gasteiger partial charge in [0, 0.05) is 31.2 Å². The fraction of sp³-hybridized carbons (Fsp3) is 0.370. The predicted molar refractivity (Wildman–Crippen MR) is 131 cm³/mol. The van der Waals surface area contributed by atoms with Crippen molar-refractivity contribution in [3.05, 3.63) is 60.3 Å². The number of urea groups is 1. The summed E-state index contributed by atoms with van der Waals surface area (Å²) >= 11 is 0. The van der Waals surface area contributed by atoms with Gasteiger partial charge in [-0.05, 0) is 74.1 Å². The van der Waals surface area contributed by atoms with Crippen LogP contribution in [0.1, 0.15) is 37.7 Å². The number of pyridine rings is 1. The first-order chi connectivity index (χ1) is 17.8. The van der Waals surface area contributed by atoms with E-state index >= 15 is 0 Å². The minimum absolute atomic E-state index is 0.213. The van der Waals surface area contributed by atoms with Gasteiger partial charge in [0.15, 0.2) is 0 Å². The Kier molecular flexibility index (Phi) is 5.50. The summed E-state index contributed by atoms with van der Waals surface area (Å²) in [5.74, 6) is -0.768. The number of rotatable bonds is 5. The fourth-order valence-corrected chi connectivity index (χ4v) is 5.48.